The minimum absolute atomic E-state index is 0. The van der Waals surface area contributed by atoms with Crippen LogP contribution in [0, 0.1) is 11.8 Å². The number of aromatic amines is 1. The molecule has 0 aliphatic carbocycles. The molecular formula is C82H119BrN12O6. The lowest BCUT2D eigenvalue weighted by molar-refractivity contribution is -0.134. The average molecular weight is 1450 g/mol. The molecule has 6 aromatic carbocycles. The van der Waals surface area contributed by atoms with Gasteiger partial charge in [-0.1, -0.05) is 146 Å². The largest absolute Gasteiger partial charge is 0.385 e. The molecule has 18 nitrogen and oxygen atoms in total. The van der Waals surface area contributed by atoms with E-state index in [0.29, 0.717) is 38.5 Å². The van der Waals surface area contributed by atoms with Crippen LogP contribution in [0.5, 0.6) is 0 Å². The van der Waals surface area contributed by atoms with Crippen molar-refractivity contribution in [1.29, 1.82) is 0 Å². The van der Waals surface area contributed by atoms with Crippen molar-refractivity contribution in [3.8, 4) is 5.69 Å². The van der Waals surface area contributed by atoms with Gasteiger partial charge in [-0.25, -0.2) is 19.6 Å². The van der Waals surface area contributed by atoms with Crippen LogP contribution < -0.4 is 22.0 Å². The Morgan fingerprint density at radius 2 is 0.970 bits per heavy atom. The number of rotatable bonds is 26. The number of hydrogen-bond acceptors (Lipinski definition) is 10. The number of ether oxygens (including phenoxy) is 2. The molecule has 101 heavy (non-hydrogen) atoms. The number of hydrogen-bond donors (Lipinski definition) is 3. The summed E-state index contributed by atoms with van der Waals surface area (Å²) < 4.78 is 21.8. The number of aromatic nitrogens is 8. The smallest absolute Gasteiger partial charge is 0.333 e. The van der Waals surface area contributed by atoms with Crippen LogP contribution in [0.1, 0.15) is 156 Å². The summed E-state index contributed by atoms with van der Waals surface area (Å²) in [5.74, 6) is 3.73. The summed E-state index contributed by atoms with van der Waals surface area (Å²) in [6.07, 6.45) is 10.7. The highest BCUT2D eigenvalue weighted by atomic mass is 79.9. The van der Waals surface area contributed by atoms with Crippen molar-refractivity contribution in [1.82, 2.24) is 58.2 Å². The summed E-state index contributed by atoms with van der Waals surface area (Å²) in [5.41, 5.74) is 11.5. The molecule has 2 fully saturated rings. The van der Waals surface area contributed by atoms with Gasteiger partial charge in [0.25, 0.3) is 0 Å². The summed E-state index contributed by atoms with van der Waals surface area (Å²) in [6.45, 7) is 18.4. The van der Waals surface area contributed by atoms with Gasteiger partial charge in [0.05, 0.1) is 49.8 Å². The van der Waals surface area contributed by atoms with Gasteiger partial charge in [0.15, 0.2) is 0 Å². The number of likely N-dealkylation sites (tertiary alicyclic amines) is 2. The highest BCUT2D eigenvalue weighted by molar-refractivity contribution is 9.10. The Labute approximate surface area is 610 Å². The van der Waals surface area contributed by atoms with Crippen LogP contribution in [0.2, 0.25) is 0 Å². The second-order valence-corrected chi connectivity index (χ2v) is 27.1. The molecule has 2 aliphatic heterocycles. The van der Waals surface area contributed by atoms with Crippen molar-refractivity contribution < 1.29 is 19.1 Å². The van der Waals surface area contributed by atoms with Crippen LogP contribution in [-0.4, -0.2) is 140 Å². The lowest BCUT2D eigenvalue weighted by atomic mass is 9.94. The minimum atomic E-state index is -0.0111. The number of nitrogens with one attached hydrogen (secondary N) is 3. The number of imidazole rings is 4. The monoisotopic (exact) mass is 1450 g/mol. The summed E-state index contributed by atoms with van der Waals surface area (Å²) in [6, 6.07) is 49.1. The first-order valence-electron chi connectivity index (χ1n) is 35.2. The van der Waals surface area contributed by atoms with Crippen molar-refractivity contribution in [2.45, 2.75) is 172 Å². The van der Waals surface area contributed by atoms with E-state index in [2.05, 4.69) is 151 Å². The molecule has 2 aliphatic rings. The van der Waals surface area contributed by atoms with Gasteiger partial charge in [0, 0.05) is 122 Å². The SMILES string of the molecule is C.C.C.C.CCCn1c(=O)[nH]c2ccccc21.CCCn1c(=O)n(-c2ccc(C[C@@H](C)CC(=O)N3CCC[C@@H](c4nc5ccccc5n4CCCOC)C3)cc2)c2ccccc21.CNCCNC.COCCCn1c([C@@H]2CCCN(C(=O)C[C@H](C)Cc3ccc(Br)cc3)C2)nc2ccccc21. The van der Waals surface area contributed by atoms with Gasteiger partial charge in [0.1, 0.15) is 11.6 Å². The molecular weight excluding hydrogens is 1330 g/mol. The zero-order chi connectivity index (χ0) is 68.6. The predicted octanol–water partition coefficient (Wildman–Crippen LogP) is 16.1. The van der Waals surface area contributed by atoms with Gasteiger partial charge < -0.3 is 44.0 Å². The summed E-state index contributed by atoms with van der Waals surface area (Å²) in [4.78, 5) is 68.5. The van der Waals surface area contributed by atoms with E-state index in [1.807, 2.05) is 91.5 Å². The number of carbonyl (C=O) groups is 2. The predicted molar refractivity (Wildman–Crippen MR) is 424 cm³/mol. The van der Waals surface area contributed by atoms with E-state index in [9.17, 15) is 19.2 Å². The molecule has 0 bridgehead atoms. The lowest BCUT2D eigenvalue weighted by Crippen LogP contribution is -2.40. The number of amides is 2. The molecule has 4 atom stereocenters. The number of aryl methyl sites for hydroxylation is 4. The summed E-state index contributed by atoms with van der Waals surface area (Å²) >= 11 is 3.49. The summed E-state index contributed by atoms with van der Waals surface area (Å²) in [7, 11) is 7.37. The van der Waals surface area contributed by atoms with Gasteiger partial charge in [0.2, 0.25) is 11.8 Å². The van der Waals surface area contributed by atoms with Crippen molar-refractivity contribution in [3.63, 3.8) is 0 Å². The molecule has 3 N–H and O–H groups in total. The molecule has 2 amide bonds. The molecule has 2 saturated heterocycles. The van der Waals surface area contributed by atoms with E-state index >= 15 is 0 Å². The number of nitrogens with zero attached hydrogens (tertiary/aromatic N) is 9. The van der Waals surface area contributed by atoms with Crippen molar-refractivity contribution >= 4 is 71.9 Å². The van der Waals surface area contributed by atoms with Crippen LogP contribution >= 0.6 is 15.9 Å². The maximum absolute atomic E-state index is 13.5. The van der Waals surface area contributed by atoms with Gasteiger partial charge in [-0.3, -0.25) is 23.3 Å². The maximum atomic E-state index is 13.5. The normalized spacial score (nSPS) is 14.8. The number of likely N-dealkylation sites (N-methyl/N-ethyl adjacent to an activating group) is 2. The maximum Gasteiger partial charge on any atom is 0.333 e. The van der Waals surface area contributed by atoms with Gasteiger partial charge >= 0.3 is 11.4 Å². The van der Waals surface area contributed by atoms with Crippen molar-refractivity contribution in [3.05, 3.63) is 194 Å². The minimum Gasteiger partial charge on any atom is -0.385 e. The Bertz CT molecular complexity index is 4200. The third kappa shape index (κ3) is 22.3. The van der Waals surface area contributed by atoms with Crippen LogP contribution in [-0.2, 0) is 58.1 Å². The van der Waals surface area contributed by atoms with Crippen LogP contribution in [0.15, 0.2) is 160 Å². The molecule has 12 rings (SSSR count). The van der Waals surface area contributed by atoms with Gasteiger partial charge in [-0.15, -0.1) is 0 Å². The third-order valence-corrected chi connectivity index (χ3v) is 19.0. The first-order chi connectivity index (χ1) is 47.3. The molecule has 0 radical (unpaired) electrons. The Hall–Kier alpha value is -7.94. The van der Waals surface area contributed by atoms with Crippen molar-refractivity contribution in [2.24, 2.45) is 11.8 Å². The highest BCUT2D eigenvalue weighted by Gasteiger charge is 2.31. The lowest BCUT2D eigenvalue weighted by Gasteiger charge is -2.33. The highest BCUT2D eigenvalue weighted by Crippen LogP contribution is 2.33. The van der Waals surface area contributed by atoms with Gasteiger partial charge in [-0.05, 0) is 174 Å². The number of benzene rings is 6. The Morgan fingerprint density at radius 3 is 1.44 bits per heavy atom. The van der Waals surface area contributed by atoms with E-state index in [0.717, 1.165) is 184 Å². The quantitative estimate of drug-likeness (QED) is 0.0441. The molecule has 10 aromatic rings. The Balaban J connectivity index is 0.000000286. The first kappa shape index (κ1) is 83.7. The van der Waals surface area contributed by atoms with Crippen LogP contribution in [0.25, 0.3) is 49.8 Å². The molecule has 0 saturated carbocycles. The van der Waals surface area contributed by atoms with Gasteiger partial charge in [-0.2, -0.15) is 0 Å². The van der Waals surface area contributed by atoms with E-state index in [4.69, 9.17) is 19.4 Å². The second-order valence-electron chi connectivity index (χ2n) is 26.2. The number of carbonyl (C=O) groups excluding carboxylic acids is 2. The van der Waals surface area contributed by atoms with Crippen LogP contribution in [0.4, 0.5) is 0 Å². The fourth-order valence-corrected chi connectivity index (χ4v) is 14.0. The van der Waals surface area contributed by atoms with E-state index < -0.39 is 0 Å². The molecule has 4 aromatic heterocycles. The zero-order valence-corrected chi connectivity index (χ0v) is 60.1. The van der Waals surface area contributed by atoms with E-state index in [1.54, 1.807) is 23.4 Å². The fourth-order valence-electron chi connectivity index (χ4n) is 13.7. The first-order valence-corrected chi connectivity index (χ1v) is 36.0. The topological polar surface area (TPSA) is 184 Å². The molecule has 0 unspecified atom stereocenters. The Morgan fingerprint density at radius 1 is 0.545 bits per heavy atom. The molecule has 19 heteroatoms. The molecule has 6 heterocycles. The van der Waals surface area contributed by atoms with Crippen LogP contribution in [0.3, 0.4) is 0 Å². The number of H-pyrrole nitrogens is 1. The molecule has 0 spiro atoms. The second kappa shape index (κ2) is 42.5. The number of fused-ring (bicyclic) bond motifs is 4. The number of methoxy groups -OCH3 is 2. The van der Waals surface area contributed by atoms with Crippen molar-refractivity contribution in [2.75, 3.05) is 80.8 Å². The number of para-hydroxylation sites is 8. The fraction of sp³-hybridized carbons (Fsp3) is 0.488. The zero-order valence-electron chi connectivity index (χ0n) is 58.5. The number of piperidine rings is 2. The number of halogens is 1. The average Bonchev–Trinajstić information content (AvgIpc) is 1.63. The van der Waals surface area contributed by atoms with E-state index in [1.165, 1.54) is 16.6 Å². The Kier molecular flexibility index (Phi) is 35.2. The van der Waals surface area contributed by atoms with E-state index in [-0.39, 0.29) is 70.7 Å². The summed E-state index contributed by atoms with van der Waals surface area (Å²) in [5, 5.41) is 6.01. The molecule has 550 valence electrons. The third-order valence-electron chi connectivity index (χ3n) is 18.5. The standard InChI is InChI=1S/C37H45N5O3.C27H34BrN3O2.C10H12N2O.C4H12N2.4CH4/c1-4-20-41-33-14-7-8-15-34(33)42(37(41)44)30-18-16-28(17-19-30)24-27(2)25-35(43)39-21-9-11-29(26-39)36-38-31-12-5-6-13-32(31)40(36)22-10-23-45-3;1-20(17-21-10-12-23(28)13-11-21)18-26(32)30-14-5-7-22(19-30)27-29-24-8-3-4-9-25(24)31(27)15-6-16-33-2;1-2-7-12-9-6-4-3-5-8(9)11-10(12)13;1-5-3-4-6-2;;;;/h5-8,12-19,27,29H,4,9-11,20-26H2,1-3H3;3-4,8-13,20,22H,5-7,14-19H2,1-2H3;3-6H,2,7H2,1H3,(H,11,13);5-6H,3-4H2,1-2H3;4*1H4/t27-,29-;20-,22-;;;;;;/m11....../s1.